The number of benzene rings is 1. The number of pyridine rings is 1. The monoisotopic (exact) mass is 318 g/mol. The van der Waals surface area contributed by atoms with Gasteiger partial charge in [-0.1, -0.05) is 30.3 Å². The van der Waals surface area contributed by atoms with Crippen molar-refractivity contribution in [3.63, 3.8) is 0 Å². The standard InChI is InChI=1S/C19H18N4O/c1-23-14-17(13-22-23)18-9-10-20-12-16(18)7-8-19(24)21-11-15-5-3-2-4-6-15/h2-10,12-14H,11H2,1H3,(H,21,24)/b8-7+. The molecule has 5 nitrogen and oxygen atoms in total. The van der Waals surface area contributed by atoms with Crippen LogP contribution in [0.15, 0.2) is 67.3 Å². The van der Waals surface area contributed by atoms with Crippen LogP contribution in [-0.2, 0) is 18.4 Å². The summed E-state index contributed by atoms with van der Waals surface area (Å²) in [5.74, 6) is -0.139. The van der Waals surface area contributed by atoms with Gasteiger partial charge in [0.25, 0.3) is 0 Å². The average Bonchev–Trinajstić information content (AvgIpc) is 3.05. The highest BCUT2D eigenvalue weighted by Gasteiger charge is 2.05. The smallest absolute Gasteiger partial charge is 0.244 e. The fourth-order valence-electron chi connectivity index (χ4n) is 2.37. The van der Waals surface area contributed by atoms with E-state index in [1.807, 2.05) is 49.6 Å². The number of hydrogen-bond donors (Lipinski definition) is 1. The number of carbonyl (C=O) groups is 1. The zero-order chi connectivity index (χ0) is 16.8. The van der Waals surface area contributed by atoms with Crippen LogP contribution < -0.4 is 5.32 Å². The number of nitrogens with zero attached hydrogens (tertiary/aromatic N) is 3. The van der Waals surface area contributed by atoms with Gasteiger partial charge in [-0.25, -0.2) is 0 Å². The average molecular weight is 318 g/mol. The molecule has 1 aromatic carbocycles. The molecule has 0 radical (unpaired) electrons. The van der Waals surface area contributed by atoms with Gasteiger partial charge in [0.15, 0.2) is 0 Å². The molecule has 0 aliphatic rings. The van der Waals surface area contributed by atoms with Crippen molar-refractivity contribution in [3.05, 3.63) is 78.4 Å². The van der Waals surface area contributed by atoms with E-state index in [1.54, 1.807) is 29.3 Å². The highest BCUT2D eigenvalue weighted by Crippen LogP contribution is 2.23. The van der Waals surface area contributed by atoms with Gasteiger partial charge in [0.2, 0.25) is 5.91 Å². The molecule has 1 amide bonds. The SMILES string of the molecule is Cn1cc(-c2ccncc2/C=C/C(=O)NCc2ccccc2)cn1. The third kappa shape index (κ3) is 3.95. The number of aryl methyl sites for hydroxylation is 1. The zero-order valence-electron chi connectivity index (χ0n) is 13.4. The molecule has 0 aliphatic carbocycles. The van der Waals surface area contributed by atoms with Crippen molar-refractivity contribution in [2.24, 2.45) is 7.05 Å². The molecule has 0 spiro atoms. The summed E-state index contributed by atoms with van der Waals surface area (Å²) in [6.07, 6.45) is 10.5. The van der Waals surface area contributed by atoms with Gasteiger partial charge < -0.3 is 5.32 Å². The Morgan fingerprint density at radius 1 is 1.21 bits per heavy atom. The van der Waals surface area contributed by atoms with Gasteiger partial charge in [0.1, 0.15) is 0 Å². The molecule has 24 heavy (non-hydrogen) atoms. The van der Waals surface area contributed by atoms with Gasteiger partial charge >= 0.3 is 0 Å². The van der Waals surface area contributed by atoms with Gasteiger partial charge in [-0.15, -0.1) is 0 Å². The first-order valence-electron chi connectivity index (χ1n) is 7.65. The second-order valence-corrected chi connectivity index (χ2v) is 5.40. The Hall–Kier alpha value is -3.21. The molecule has 0 unspecified atom stereocenters. The second kappa shape index (κ2) is 7.37. The van der Waals surface area contributed by atoms with E-state index in [1.165, 1.54) is 6.08 Å². The van der Waals surface area contributed by atoms with E-state index in [0.29, 0.717) is 6.54 Å². The summed E-state index contributed by atoms with van der Waals surface area (Å²) in [6, 6.07) is 11.7. The fourth-order valence-corrected chi connectivity index (χ4v) is 2.37. The molecule has 0 bridgehead atoms. The lowest BCUT2D eigenvalue weighted by atomic mass is 10.0. The molecule has 2 aromatic heterocycles. The van der Waals surface area contributed by atoms with Gasteiger partial charge in [0.05, 0.1) is 6.20 Å². The maximum Gasteiger partial charge on any atom is 0.244 e. The van der Waals surface area contributed by atoms with Crippen molar-refractivity contribution in [2.75, 3.05) is 0 Å². The number of carbonyl (C=O) groups excluding carboxylic acids is 1. The zero-order valence-corrected chi connectivity index (χ0v) is 13.4. The van der Waals surface area contributed by atoms with E-state index in [0.717, 1.165) is 22.3 Å². The minimum atomic E-state index is -0.139. The van der Waals surface area contributed by atoms with Gasteiger partial charge in [-0.3, -0.25) is 14.5 Å². The lowest BCUT2D eigenvalue weighted by Gasteiger charge is -2.04. The molecule has 0 aliphatic heterocycles. The molecule has 2 heterocycles. The quantitative estimate of drug-likeness (QED) is 0.736. The molecule has 3 rings (SSSR count). The summed E-state index contributed by atoms with van der Waals surface area (Å²) in [7, 11) is 1.87. The third-order valence-corrected chi connectivity index (χ3v) is 3.59. The Morgan fingerprint density at radius 2 is 2.04 bits per heavy atom. The van der Waals surface area contributed by atoms with E-state index in [4.69, 9.17) is 0 Å². The maximum absolute atomic E-state index is 12.0. The molecular formula is C19H18N4O. The van der Waals surface area contributed by atoms with Crippen molar-refractivity contribution in [1.82, 2.24) is 20.1 Å². The van der Waals surface area contributed by atoms with Crippen molar-refractivity contribution in [1.29, 1.82) is 0 Å². The molecule has 1 N–H and O–H groups in total. The van der Waals surface area contributed by atoms with Crippen LogP contribution in [0.2, 0.25) is 0 Å². The largest absolute Gasteiger partial charge is 0.348 e. The molecule has 5 heteroatoms. The summed E-state index contributed by atoms with van der Waals surface area (Å²) in [5.41, 5.74) is 3.92. The number of hydrogen-bond acceptors (Lipinski definition) is 3. The second-order valence-electron chi connectivity index (χ2n) is 5.40. The molecule has 0 saturated heterocycles. The summed E-state index contributed by atoms with van der Waals surface area (Å²) >= 11 is 0. The lowest BCUT2D eigenvalue weighted by molar-refractivity contribution is -0.116. The number of rotatable bonds is 5. The highest BCUT2D eigenvalue weighted by molar-refractivity contribution is 5.92. The Labute approximate surface area is 140 Å². The topological polar surface area (TPSA) is 59.8 Å². The summed E-state index contributed by atoms with van der Waals surface area (Å²) in [4.78, 5) is 16.1. The van der Waals surface area contributed by atoms with E-state index in [9.17, 15) is 4.79 Å². The van der Waals surface area contributed by atoms with Crippen LogP contribution in [0.4, 0.5) is 0 Å². The van der Waals surface area contributed by atoms with Crippen LogP contribution in [0.5, 0.6) is 0 Å². The van der Waals surface area contributed by atoms with Gasteiger partial charge in [-0.2, -0.15) is 5.10 Å². The van der Waals surface area contributed by atoms with Crippen LogP contribution in [0.25, 0.3) is 17.2 Å². The molecule has 3 aromatic rings. The Kier molecular flexibility index (Phi) is 4.81. The molecular weight excluding hydrogens is 300 g/mol. The predicted octanol–water partition coefficient (Wildman–Crippen LogP) is 2.81. The molecule has 120 valence electrons. The van der Waals surface area contributed by atoms with E-state index in [-0.39, 0.29) is 5.91 Å². The van der Waals surface area contributed by atoms with Crippen molar-refractivity contribution < 1.29 is 4.79 Å². The Morgan fingerprint density at radius 3 is 2.79 bits per heavy atom. The summed E-state index contributed by atoms with van der Waals surface area (Å²) in [6.45, 7) is 0.506. The van der Waals surface area contributed by atoms with E-state index in [2.05, 4.69) is 15.4 Å². The van der Waals surface area contributed by atoms with Crippen LogP contribution in [-0.4, -0.2) is 20.7 Å². The first-order valence-corrected chi connectivity index (χ1v) is 7.65. The van der Waals surface area contributed by atoms with Crippen LogP contribution in [0.1, 0.15) is 11.1 Å². The number of amides is 1. The normalized spacial score (nSPS) is 10.9. The van der Waals surface area contributed by atoms with E-state index >= 15 is 0 Å². The van der Waals surface area contributed by atoms with Crippen molar-refractivity contribution in [2.45, 2.75) is 6.54 Å². The molecule has 0 saturated carbocycles. The first-order chi connectivity index (χ1) is 11.7. The van der Waals surface area contributed by atoms with Crippen molar-refractivity contribution in [3.8, 4) is 11.1 Å². The Bertz CT molecular complexity index is 853. The van der Waals surface area contributed by atoms with E-state index < -0.39 is 0 Å². The van der Waals surface area contributed by atoms with Crippen LogP contribution >= 0.6 is 0 Å². The van der Waals surface area contributed by atoms with Crippen molar-refractivity contribution >= 4 is 12.0 Å². The molecule has 0 atom stereocenters. The van der Waals surface area contributed by atoms with Crippen LogP contribution in [0, 0.1) is 0 Å². The minimum Gasteiger partial charge on any atom is -0.348 e. The third-order valence-electron chi connectivity index (χ3n) is 3.59. The van der Waals surface area contributed by atoms with Crippen LogP contribution in [0.3, 0.4) is 0 Å². The van der Waals surface area contributed by atoms with Gasteiger partial charge in [0, 0.05) is 49.4 Å². The first kappa shape index (κ1) is 15.7. The van der Waals surface area contributed by atoms with Gasteiger partial charge in [-0.05, 0) is 23.3 Å². The maximum atomic E-state index is 12.0. The Balaban J connectivity index is 1.69. The lowest BCUT2D eigenvalue weighted by Crippen LogP contribution is -2.20. The highest BCUT2D eigenvalue weighted by atomic mass is 16.1. The summed E-state index contributed by atoms with van der Waals surface area (Å²) in [5, 5.41) is 7.06. The number of aromatic nitrogens is 3. The minimum absolute atomic E-state index is 0.139. The fraction of sp³-hybridized carbons (Fsp3) is 0.105. The summed E-state index contributed by atoms with van der Waals surface area (Å²) < 4.78 is 1.75. The molecule has 0 fully saturated rings. The predicted molar refractivity (Wildman–Crippen MR) is 93.8 cm³/mol. The number of nitrogens with one attached hydrogen (secondary N) is 1.